The molecule has 0 radical (unpaired) electrons. The number of hydrogen-bond donors (Lipinski definition) is 1. The van der Waals surface area contributed by atoms with Crippen molar-refractivity contribution in [1.82, 2.24) is 0 Å². The number of benzene rings is 1. The Morgan fingerprint density at radius 3 is 2.53 bits per heavy atom. The van der Waals surface area contributed by atoms with Crippen molar-refractivity contribution in [2.45, 2.75) is 32.7 Å². The number of carbonyl (C=O) groups is 1. The van der Waals surface area contributed by atoms with Gasteiger partial charge in [0.15, 0.2) is 12.4 Å². The highest BCUT2D eigenvalue weighted by Crippen LogP contribution is 2.09. The Hall–Kier alpha value is -1.39. The van der Waals surface area contributed by atoms with Crippen molar-refractivity contribution >= 4 is 5.97 Å². The van der Waals surface area contributed by atoms with Gasteiger partial charge in [0.25, 0.3) is 0 Å². The van der Waals surface area contributed by atoms with E-state index in [1.54, 1.807) is 6.92 Å². The molecule has 17 heavy (non-hydrogen) atoms. The highest BCUT2D eigenvalue weighted by Gasteiger charge is 2.21. The molecule has 1 aromatic rings. The first-order valence-electron chi connectivity index (χ1n) is 5.67. The largest absolute Gasteiger partial charge is 0.479 e. The number of hydrogen-bond acceptors (Lipinski definition) is 3. The Balaban J connectivity index is 2.58. The maximum absolute atomic E-state index is 11.1. The van der Waals surface area contributed by atoms with Crippen LogP contribution in [0.3, 0.4) is 0 Å². The van der Waals surface area contributed by atoms with Crippen LogP contribution >= 0.6 is 0 Å². The molecule has 2 atom stereocenters. The Bertz CT molecular complexity index is 337. The van der Waals surface area contributed by atoms with E-state index in [1.165, 1.54) is 0 Å². The van der Waals surface area contributed by atoms with E-state index in [1.807, 2.05) is 37.3 Å². The second-order valence-electron chi connectivity index (χ2n) is 3.68. The predicted octanol–water partition coefficient (Wildman–Crippen LogP) is 2.08. The van der Waals surface area contributed by atoms with Crippen molar-refractivity contribution in [2.75, 3.05) is 6.61 Å². The monoisotopic (exact) mass is 238 g/mol. The number of carboxylic acid groups (broad SMARTS) is 1. The van der Waals surface area contributed by atoms with Gasteiger partial charge in [0.05, 0.1) is 0 Å². The molecular weight excluding hydrogens is 220 g/mol. The zero-order chi connectivity index (χ0) is 12.7. The van der Waals surface area contributed by atoms with Crippen LogP contribution in [0.1, 0.15) is 19.4 Å². The molecule has 1 aromatic carbocycles. The van der Waals surface area contributed by atoms with Crippen LogP contribution in [0.2, 0.25) is 0 Å². The molecule has 94 valence electrons. The van der Waals surface area contributed by atoms with Crippen molar-refractivity contribution in [1.29, 1.82) is 0 Å². The quantitative estimate of drug-likeness (QED) is 0.739. The summed E-state index contributed by atoms with van der Waals surface area (Å²) in [7, 11) is 0. The van der Waals surface area contributed by atoms with Gasteiger partial charge in [-0.25, -0.2) is 4.79 Å². The van der Waals surface area contributed by atoms with Crippen LogP contribution in [0.4, 0.5) is 0 Å². The summed E-state index contributed by atoms with van der Waals surface area (Å²) in [6.07, 6.45) is -1.04. The molecule has 0 saturated carbocycles. The molecule has 0 amide bonds. The molecular formula is C13H18O4. The summed E-state index contributed by atoms with van der Waals surface area (Å²) in [5, 5.41) is 9.07. The van der Waals surface area contributed by atoms with Gasteiger partial charge in [0.2, 0.25) is 0 Å². The lowest BCUT2D eigenvalue weighted by Gasteiger charge is -2.19. The van der Waals surface area contributed by atoms with Gasteiger partial charge in [-0.3, -0.25) is 0 Å². The van der Waals surface area contributed by atoms with E-state index in [-0.39, 0.29) is 0 Å². The van der Waals surface area contributed by atoms with Crippen molar-refractivity contribution in [3.63, 3.8) is 0 Å². The Morgan fingerprint density at radius 1 is 1.35 bits per heavy atom. The Morgan fingerprint density at radius 2 is 2.00 bits per heavy atom. The van der Waals surface area contributed by atoms with Crippen LogP contribution in [0, 0.1) is 0 Å². The van der Waals surface area contributed by atoms with Crippen LogP contribution in [0.15, 0.2) is 30.3 Å². The van der Waals surface area contributed by atoms with Crippen LogP contribution in [-0.4, -0.2) is 30.1 Å². The number of carboxylic acids is 1. The zero-order valence-corrected chi connectivity index (χ0v) is 10.1. The Kier molecular flexibility index (Phi) is 5.66. The first-order chi connectivity index (χ1) is 8.13. The van der Waals surface area contributed by atoms with Crippen molar-refractivity contribution in [3.8, 4) is 0 Å². The van der Waals surface area contributed by atoms with Gasteiger partial charge in [0.1, 0.15) is 0 Å². The summed E-state index contributed by atoms with van der Waals surface area (Å²) in [4.78, 5) is 11.1. The summed E-state index contributed by atoms with van der Waals surface area (Å²) in [6.45, 7) is 4.04. The fraction of sp³-hybridized carbons (Fsp3) is 0.462. The third-order valence-corrected chi connectivity index (χ3v) is 2.30. The zero-order valence-electron chi connectivity index (χ0n) is 10.1. The molecule has 1 N–H and O–H groups in total. The molecule has 4 heteroatoms. The molecule has 0 aliphatic carbocycles. The number of ether oxygens (including phenoxy) is 2. The summed E-state index contributed by atoms with van der Waals surface area (Å²) in [5.41, 5.74) is 0.934. The van der Waals surface area contributed by atoms with Gasteiger partial charge in [-0.2, -0.15) is 0 Å². The minimum Gasteiger partial charge on any atom is -0.479 e. The van der Waals surface area contributed by atoms with Crippen LogP contribution in [0.25, 0.3) is 0 Å². The van der Waals surface area contributed by atoms with E-state index >= 15 is 0 Å². The fourth-order valence-corrected chi connectivity index (χ4v) is 1.53. The van der Waals surface area contributed by atoms with Crippen molar-refractivity contribution in [3.05, 3.63) is 35.9 Å². The lowest BCUT2D eigenvalue weighted by Crippen LogP contribution is -2.31. The van der Waals surface area contributed by atoms with Crippen LogP contribution < -0.4 is 0 Å². The molecule has 0 bridgehead atoms. The number of rotatable bonds is 7. The van der Waals surface area contributed by atoms with Gasteiger partial charge < -0.3 is 14.6 Å². The maximum atomic E-state index is 11.1. The highest BCUT2D eigenvalue weighted by atomic mass is 16.7. The minimum atomic E-state index is -0.972. The van der Waals surface area contributed by atoms with E-state index in [0.29, 0.717) is 13.0 Å². The van der Waals surface area contributed by atoms with Crippen molar-refractivity contribution < 1.29 is 19.4 Å². The third kappa shape index (κ3) is 4.97. The van der Waals surface area contributed by atoms with Gasteiger partial charge >= 0.3 is 5.97 Å². The lowest BCUT2D eigenvalue weighted by atomic mass is 10.1. The van der Waals surface area contributed by atoms with Crippen LogP contribution in [-0.2, 0) is 20.7 Å². The maximum Gasteiger partial charge on any atom is 0.333 e. The second kappa shape index (κ2) is 7.04. The van der Waals surface area contributed by atoms with E-state index in [0.717, 1.165) is 5.56 Å². The standard InChI is InChI=1S/C13H18O4/c1-3-16-10(2)17-12(13(14)15)9-11-7-5-4-6-8-11/h4-8,10,12H,3,9H2,1-2H3,(H,14,15)/t10-,12-/m1/s1. The molecule has 0 unspecified atom stereocenters. The summed E-state index contributed by atoms with van der Waals surface area (Å²) in [6, 6.07) is 9.40. The molecule has 0 heterocycles. The molecule has 0 spiro atoms. The molecule has 0 aromatic heterocycles. The topological polar surface area (TPSA) is 55.8 Å². The van der Waals surface area contributed by atoms with E-state index in [2.05, 4.69) is 0 Å². The summed E-state index contributed by atoms with van der Waals surface area (Å²) in [5.74, 6) is -0.972. The average molecular weight is 238 g/mol. The SMILES string of the molecule is CCO[C@@H](C)O[C@H](Cc1ccccc1)C(=O)O. The molecule has 0 fully saturated rings. The van der Waals surface area contributed by atoms with Gasteiger partial charge in [0, 0.05) is 13.0 Å². The normalized spacial score (nSPS) is 14.2. The molecule has 0 saturated heterocycles. The Labute approximate surface area is 101 Å². The van der Waals surface area contributed by atoms with Crippen LogP contribution in [0.5, 0.6) is 0 Å². The van der Waals surface area contributed by atoms with Gasteiger partial charge in [-0.05, 0) is 19.4 Å². The minimum absolute atomic E-state index is 0.341. The summed E-state index contributed by atoms with van der Waals surface area (Å²) >= 11 is 0. The average Bonchev–Trinajstić information content (AvgIpc) is 2.29. The van der Waals surface area contributed by atoms with Gasteiger partial charge in [-0.1, -0.05) is 30.3 Å². The predicted molar refractivity (Wildman–Crippen MR) is 63.7 cm³/mol. The molecule has 1 rings (SSSR count). The smallest absolute Gasteiger partial charge is 0.333 e. The number of aliphatic carboxylic acids is 1. The van der Waals surface area contributed by atoms with E-state index < -0.39 is 18.4 Å². The first-order valence-corrected chi connectivity index (χ1v) is 5.67. The molecule has 4 nitrogen and oxygen atoms in total. The van der Waals surface area contributed by atoms with Gasteiger partial charge in [-0.15, -0.1) is 0 Å². The third-order valence-electron chi connectivity index (χ3n) is 2.30. The fourth-order valence-electron chi connectivity index (χ4n) is 1.53. The second-order valence-corrected chi connectivity index (χ2v) is 3.68. The van der Waals surface area contributed by atoms with E-state index in [4.69, 9.17) is 14.6 Å². The highest BCUT2D eigenvalue weighted by molar-refractivity contribution is 5.72. The molecule has 0 aliphatic heterocycles. The van der Waals surface area contributed by atoms with E-state index in [9.17, 15) is 4.79 Å². The van der Waals surface area contributed by atoms with Crippen molar-refractivity contribution in [2.24, 2.45) is 0 Å². The first kappa shape index (κ1) is 13.7. The summed E-state index contributed by atoms with van der Waals surface area (Å²) < 4.78 is 10.5. The lowest BCUT2D eigenvalue weighted by molar-refractivity contribution is -0.182. The molecule has 0 aliphatic rings.